The standard InChI is InChI=1S/C37H38ClN3O5/c1-24-12-30(23-46-37-16-36(29(21-42)15-34(37)38)45-22-28-14-27(17-39)18-40-19-28)25(2)33(13-24)32-6-4-7-35(26(32)3)44-11-5-9-41-10-8-31(43)20-41/h4,6-7,12-16,18-19,21,31,43H,5,8-11,20,22-23H2,1-3H3. The first-order valence-electron chi connectivity index (χ1n) is 15.4. The molecule has 0 aliphatic carbocycles. The number of aromatic nitrogens is 1. The van der Waals surface area contributed by atoms with Gasteiger partial charge in [-0.3, -0.25) is 9.78 Å². The Bertz CT molecular complexity index is 1750. The minimum atomic E-state index is -0.206. The molecule has 1 aliphatic rings. The first-order valence-corrected chi connectivity index (χ1v) is 15.7. The Labute approximate surface area is 275 Å². The number of nitrogens with zero attached hydrogens (tertiary/aromatic N) is 3. The molecule has 1 aliphatic heterocycles. The lowest BCUT2D eigenvalue weighted by molar-refractivity contribution is 0.111. The number of ether oxygens (including phenoxy) is 3. The molecule has 0 amide bonds. The summed E-state index contributed by atoms with van der Waals surface area (Å²) in [5.41, 5.74) is 7.88. The van der Waals surface area contributed by atoms with Crippen molar-refractivity contribution in [1.29, 1.82) is 5.26 Å². The number of likely N-dealkylation sites (tertiary alicyclic amines) is 1. The Morgan fingerprint density at radius 3 is 2.59 bits per heavy atom. The summed E-state index contributed by atoms with van der Waals surface area (Å²) in [6.45, 7) is 9.82. The molecule has 9 heteroatoms. The molecule has 0 bridgehead atoms. The Morgan fingerprint density at radius 2 is 1.83 bits per heavy atom. The molecule has 1 atom stereocenters. The topological polar surface area (TPSA) is 105 Å². The van der Waals surface area contributed by atoms with Gasteiger partial charge in [0, 0.05) is 43.7 Å². The average Bonchev–Trinajstić information content (AvgIpc) is 3.48. The van der Waals surface area contributed by atoms with Crippen LogP contribution in [-0.2, 0) is 13.2 Å². The molecule has 0 radical (unpaired) electrons. The molecule has 1 aromatic heterocycles. The minimum absolute atomic E-state index is 0.121. The monoisotopic (exact) mass is 639 g/mol. The maximum atomic E-state index is 11.8. The SMILES string of the molecule is Cc1cc(COc2cc(OCc3cncc(C#N)c3)c(C=O)cc2Cl)c(C)c(-c2cccc(OCCCN3CCC(O)C3)c2C)c1. The highest BCUT2D eigenvalue weighted by atomic mass is 35.5. The fraction of sp³-hybridized carbons (Fsp3) is 0.324. The van der Waals surface area contributed by atoms with Crippen molar-refractivity contribution in [3.63, 3.8) is 0 Å². The zero-order chi connectivity index (χ0) is 32.6. The van der Waals surface area contributed by atoms with Crippen LogP contribution in [0.5, 0.6) is 17.2 Å². The summed E-state index contributed by atoms with van der Waals surface area (Å²) >= 11 is 6.52. The number of carbonyl (C=O) groups excluding carboxylic acids is 1. The summed E-state index contributed by atoms with van der Waals surface area (Å²) in [5.74, 6) is 1.58. The average molecular weight is 640 g/mol. The summed E-state index contributed by atoms with van der Waals surface area (Å²) in [5, 5.41) is 19.2. The summed E-state index contributed by atoms with van der Waals surface area (Å²) in [4.78, 5) is 18.1. The van der Waals surface area contributed by atoms with Crippen LogP contribution in [0.25, 0.3) is 11.1 Å². The lowest BCUT2D eigenvalue weighted by Gasteiger charge is -2.19. The van der Waals surface area contributed by atoms with E-state index in [2.05, 4.69) is 54.9 Å². The van der Waals surface area contributed by atoms with Crippen LogP contribution >= 0.6 is 11.6 Å². The van der Waals surface area contributed by atoms with Gasteiger partial charge in [-0.1, -0.05) is 41.4 Å². The summed E-state index contributed by atoms with van der Waals surface area (Å²) in [6.07, 6.45) is 5.31. The van der Waals surface area contributed by atoms with E-state index in [9.17, 15) is 9.90 Å². The largest absolute Gasteiger partial charge is 0.493 e. The molecular weight excluding hydrogens is 602 g/mol. The number of hydrogen-bond donors (Lipinski definition) is 1. The van der Waals surface area contributed by atoms with Crippen LogP contribution < -0.4 is 14.2 Å². The molecule has 1 unspecified atom stereocenters. The van der Waals surface area contributed by atoms with Crippen LogP contribution in [0.3, 0.4) is 0 Å². The predicted octanol–water partition coefficient (Wildman–Crippen LogP) is 7.00. The van der Waals surface area contributed by atoms with Gasteiger partial charge in [0.2, 0.25) is 0 Å². The zero-order valence-corrected chi connectivity index (χ0v) is 27.1. The first kappa shape index (κ1) is 33.0. The van der Waals surface area contributed by atoms with E-state index >= 15 is 0 Å². The van der Waals surface area contributed by atoms with Gasteiger partial charge >= 0.3 is 0 Å². The van der Waals surface area contributed by atoms with Crippen LogP contribution in [0.15, 0.2) is 60.9 Å². The molecule has 1 saturated heterocycles. The molecule has 8 nitrogen and oxygen atoms in total. The van der Waals surface area contributed by atoms with Gasteiger partial charge in [0.15, 0.2) is 6.29 Å². The number of pyridine rings is 1. The Morgan fingerprint density at radius 1 is 1.00 bits per heavy atom. The van der Waals surface area contributed by atoms with E-state index in [4.69, 9.17) is 31.1 Å². The number of benzene rings is 3. The third-order valence-corrected chi connectivity index (χ3v) is 8.55. The van der Waals surface area contributed by atoms with Gasteiger partial charge in [-0.25, -0.2) is 0 Å². The number of aliphatic hydroxyl groups excluding tert-OH is 1. The smallest absolute Gasteiger partial charge is 0.153 e. The van der Waals surface area contributed by atoms with Gasteiger partial charge in [0.05, 0.1) is 28.9 Å². The molecule has 0 saturated carbocycles. The second kappa shape index (κ2) is 15.2. The minimum Gasteiger partial charge on any atom is -0.493 e. The van der Waals surface area contributed by atoms with E-state index in [1.807, 2.05) is 12.1 Å². The maximum Gasteiger partial charge on any atom is 0.153 e. The summed E-state index contributed by atoms with van der Waals surface area (Å²) in [7, 11) is 0. The van der Waals surface area contributed by atoms with E-state index in [0.717, 1.165) is 71.6 Å². The number of aldehydes is 1. The highest BCUT2D eigenvalue weighted by Gasteiger charge is 2.20. The molecule has 238 valence electrons. The molecule has 0 spiro atoms. The highest BCUT2D eigenvalue weighted by molar-refractivity contribution is 6.32. The maximum absolute atomic E-state index is 11.8. The lowest BCUT2D eigenvalue weighted by Crippen LogP contribution is -2.24. The number of carbonyl (C=O) groups is 1. The van der Waals surface area contributed by atoms with Crippen molar-refractivity contribution in [2.45, 2.75) is 52.9 Å². The van der Waals surface area contributed by atoms with Crippen LogP contribution in [0.2, 0.25) is 5.02 Å². The third kappa shape index (κ3) is 8.04. The van der Waals surface area contributed by atoms with Crippen molar-refractivity contribution in [3.8, 4) is 34.4 Å². The molecule has 4 aromatic rings. The summed E-state index contributed by atoms with van der Waals surface area (Å²) in [6, 6.07) is 17.3. The normalized spacial score (nSPS) is 14.6. The number of hydrogen-bond acceptors (Lipinski definition) is 8. The van der Waals surface area contributed by atoms with Crippen LogP contribution in [-0.4, -0.2) is 53.6 Å². The van der Waals surface area contributed by atoms with Gasteiger partial charge in [0.1, 0.15) is 36.5 Å². The van der Waals surface area contributed by atoms with Crippen LogP contribution in [0, 0.1) is 32.1 Å². The molecule has 2 heterocycles. The van der Waals surface area contributed by atoms with Crippen molar-refractivity contribution >= 4 is 17.9 Å². The number of nitriles is 1. The van der Waals surface area contributed by atoms with Crippen LogP contribution in [0.4, 0.5) is 0 Å². The lowest BCUT2D eigenvalue weighted by atomic mass is 9.91. The number of β-amino-alcohol motifs (C(OH)–C–C–N with tert-alkyl or cyclic N) is 1. The molecule has 1 fully saturated rings. The van der Waals surface area contributed by atoms with Gasteiger partial charge < -0.3 is 24.2 Å². The van der Waals surface area contributed by atoms with E-state index in [0.29, 0.717) is 46.1 Å². The van der Waals surface area contributed by atoms with E-state index in [1.165, 1.54) is 12.3 Å². The number of aliphatic hydroxyl groups is 1. The molecule has 3 aromatic carbocycles. The fourth-order valence-electron chi connectivity index (χ4n) is 5.73. The van der Waals surface area contributed by atoms with E-state index in [1.54, 1.807) is 18.3 Å². The second-order valence-corrected chi connectivity index (χ2v) is 12.1. The van der Waals surface area contributed by atoms with E-state index < -0.39 is 0 Å². The molecular formula is C37H38ClN3O5. The fourth-order valence-corrected chi connectivity index (χ4v) is 5.96. The second-order valence-electron chi connectivity index (χ2n) is 11.7. The van der Waals surface area contributed by atoms with Crippen molar-refractivity contribution in [1.82, 2.24) is 9.88 Å². The molecule has 5 rings (SSSR count). The van der Waals surface area contributed by atoms with Crippen molar-refractivity contribution in [3.05, 3.63) is 105 Å². The zero-order valence-electron chi connectivity index (χ0n) is 26.4. The highest BCUT2D eigenvalue weighted by Crippen LogP contribution is 2.36. The number of aryl methyl sites for hydroxylation is 1. The third-order valence-electron chi connectivity index (χ3n) is 8.25. The Balaban J connectivity index is 1.29. The number of rotatable bonds is 13. The van der Waals surface area contributed by atoms with Crippen molar-refractivity contribution in [2.75, 3.05) is 26.2 Å². The van der Waals surface area contributed by atoms with Crippen LogP contribution in [0.1, 0.15) is 56.6 Å². The predicted molar refractivity (Wildman–Crippen MR) is 178 cm³/mol. The number of halogens is 1. The quantitative estimate of drug-likeness (QED) is 0.123. The summed E-state index contributed by atoms with van der Waals surface area (Å²) < 4.78 is 18.4. The van der Waals surface area contributed by atoms with Gasteiger partial charge in [-0.15, -0.1) is 0 Å². The van der Waals surface area contributed by atoms with Crippen molar-refractivity contribution < 1.29 is 24.1 Å². The van der Waals surface area contributed by atoms with Gasteiger partial charge in [-0.2, -0.15) is 5.26 Å². The van der Waals surface area contributed by atoms with Crippen molar-refractivity contribution in [2.24, 2.45) is 0 Å². The first-order chi connectivity index (χ1) is 22.2. The van der Waals surface area contributed by atoms with Gasteiger partial charge in [-0.05, 0) is 79.6 Å². The van der Waals surface area contributed by atoms with Gasteiger partial charge in [0.25, 0.3) is 0 Å². The Kier molecular flexibility index (Phi) is 10.9. The molecule has 1 N–H and O–H groups in total. The van der Waals surface area contributed by atoms with E-state index in [-0.39, 0.29) is 19.3 Å². The molecule has 46 heavy (non-hydrogen) atoms. The Hall–Kier alpha value is -4.42.